The molecular formula is C32H46O4Si2. The fourth-order valence-corrected chi connectivity index (χ4v) is 11.9. The van der Waals surface area contributed by atoms with Gasteiger partial charge in [0.15, 0.2) is 0 Å². The molecular weight excluding hydrogens is 505 g/mol. The highest BCUT2D eigenvalue weighted by Crippen LogP contribution is 2.48. The van der Waals surface area contributed by atoms with Gasteiger partial charge in [-0.1, -0.05) is 102 Å². The molecule has 0 heterocycles. The molecule has 1 fully saturated rings. The summed E-state index contributed by atoms with van der Waals surface area (Å²) in [5.41, 5.74) is 0. The van der Waals surface area contributed by atoms with Gasteiger partial charge in [-0.15, -0.1) is 0 Å². The fraction of sp³-hybridized carbons (Fsp3) is 0.531. The molecule has 2 aliphatic rings. The molecule has 0 amide bonds. The number of benzene rings is 2. The van der Waals surface area contributed by atoms with Crippen molar-refractivity contribution in [3.05, 3.63) is 72.5 Å². The first kappa shape index (κ1) is 29.0. The lowest BCUT2D eigenvalue weighted by molar-refractivity contribution is -0.124. The Morgan fingerprint density at radius 3 is 1.76 bits per heavy atom. The number of hydrogen-bond acceptors (Lipinski definition) is 4. The predicted molar refractivity (Wildman–Crippen MR) is 161 cm³/mol. The third kappa shape index (κ3) is 5.25. The van der Waals surface area contributed by atoms with E-state index in [1.807, 2.05) is 0 Å². The van der Waals surface area contributed by atoms with E-state index < -0.39 is 16.6 Å². The molecule has 0 aliphatic heterocycles. The van der Waals surface area contributed by atoms with Gasteiger partial charge in [0.05, 0.1) is 23.9 Å². The number of carbonyl (C=O) groups is 1. The highest BCUT2D eigenvalue weighted by Gasteiger charge is 2.57. The Hall–Kier alpha value is -2.00. The molecule has 6 heteroatoms. The zero-order valence-electron chi connectivity index (χ0n) is 24.7. The van der Waals surface area contributed by atoms with Crippen LogP contribution < -0.4 is 10.4 Å². The van der Waals surface area contributed by atoms with Gasteiger partial charge in [-0.3, -0.25) is 4.79 Å². The van der Waals surface area contributed by atoms with Crippen LogP contribution in [0.1, 0.15) is 54.4 Å². The molecule has 206 valence electrons. The maximum Gasteiger partial charge on any atom is 0.261 e. The average Bonchev–Trinajstić information content (AvgIpc) is 3.16. The van der Waals surface area contributed by atoms with E-state index in [0.717, 1.165) is 5.76 Å². The first-order valence-electron chi connectivity index (χ1n) is 14.0. The molecule has 0 N–H and O–H groups in total. The normalized spacial score (nSPS) is 24.7. The summed E-state index contributed by atoms with van der Waals surface area (Å²) in [6, 6.07) is 21.4. The molecule has 0 bridgehead atoms. The van der Waals surface area contributed by atoms with Gasteiger partial charge < -0.3 is 13.6 Å². The SMILES string of the molecule is CO[C@@H]1C=C(O[Si](C)(C)C(C)(C)C)C[C@@H]2[C@H]1C(=O)C[C@@H]2O[Si](c1ccccc1)(c1ccccc1)C(C)(C)C. The van der Waals surface area contributed by atoms with Crippen LogP contribution >= 0.6 is 0 Å². The Kier molecular flexibility index (Phi) is 8.03. The molecule has 0 radical (unpaired) electrons. The summed E-state index contributed by atoms with van der Waals surface area (Å²) in [6.45, 7) is 18.2. The first-order chi connectivity index (χ1) is 17.7. The van der Waals surface area contributed by atoms with Crippen molar-refractivity contribution in [3.63, 3.8) is 0 Å². The van der Waals surface area contributed by atoms with Crippen LogP contribution in [-0.4, -0.2) is 41.7 Å². The fourth-order valence-electron chi connectivity index (χ4n) is 6.05. The zero-order chi connectivity index (χ0) is 27.9. The largest absolute Gasteiger partial charge is 0.547 e. The summed E-state index contributed by atoms with van der Waals surface area (Å²) in [5, 5.41) is 2.41. The van der Waals surface area contributed by atoms with E-state index in [4.69, 9.17) is 13.6 Å². The molecule has 4 atom stereocenters. The standard InChI is InChI=1S/C32H46O4Si2/c1-31(2,3)37(8,9)35-23-20-26-28(22-27(33)30(26)29(21-23)34-7)36-38(32(4,5)6,24-16-12-10-13-17-24)25-18-14-11-15-19-25/h10-19,21,26,28-30H,20,22H2,1-9H3/t26-,28-,29+,30-/m0/s1. The van der Waals surface area contributed by atoms with Crippen molar-refractivity contribution in [3.8, 4) is 0 Å². The average molecular weight is 551 g/mol. The van der Waals surface area contributed by atoms with Gasteiger partial charge in [0.1, 0.15) is 5.78 Å². The second-order valence-corrected chi connectivity index (χ2v) is 22.6. The van der Waals surface area contributed by atoms with Gasteiger partial charge in [-0.25, -0.2) is 0 Å². The van der Waals surface area contributed by atoms with Crippen LogP contribution in [0.15, 0.2) is 72.5 Å². The molecule has 4 rings (SSSR count). The van der Waals surface area contributed by atoms with Crippen LogP contribution in [0.5, 0.6) is 0 Å². The Labute approximate surface area is 232 Å². The van der Waals surface area contributed by atoms with Crippen molar-refractivity contribution >= 4 is 32.8 Å². The summed E-state index contributed by atoms with van der Waals surface area (Å²) in [4.78, 5) is 13.5. The Bertz CT molecular complexity index is 1110. The van der Waals surface area contributed by atoms with E-state index in [0.29, 0.717) is 12.8 Å². The number of fused-ring (bicyclic) bond motifs is 1. The van der Waals surface area contributed by atoms with E-state index in [-0.39, 0.29) is 39.9 Å². The molecule has 2 aromatic carbocycles. The molecule has 0 unspecified atom stereocenters. The number of allylic oxidation sites excluding steroid dienone is 1. The minimum atomic E-state index is -2.80. The van der Waals surface area contributed by atoms with Gasteiger partial charge >= 0.3 is 0 Å². The zero-order valence-corrected chi connectivity index (χ0v) is 26.7. The summed E-state index contributed by atoms with van der Waals surface area (Å²) < 4.78 is 20.2. The van der Waals surface area contributed by atoms with Crippen LogP contribution in [0, 0.1) is 11.8 Å². The summed E-state index contributed by atoms with van der Waals surface area (Å²) in [7, 11) is -3.13. The van der Waals surface area contributed by atoms with Crippen LogP contribution in [-0.2, 0) is 18.4 Å². The van der Waals surface area contributed by atoms with E-state index in [1.165, 1.54) is 10.4 Å². The van der Waals surface area contributed by atoms with Crippen molar-refractivity contribution in [2.45, 2.75) is 89.8 Å². The highest BCUT2D eigenvalue weighted by molar-refractivity contribution is 6.99. The van der Waals surface area contributed by atoms with Gasteiger partial charge in [-0.05, 0) is 39.6 Å². The minimum Gasteiger partial charge on any atom is -0.547 e. The second kappa shape index (κ2) is 10.5. The van der Waals surface area contributed by atoms with Crippen LogP contribution in [0.2, 0.25) is 23.2 Å². The second-order valence-electron chi connectivity index (χ2n) is 13.6. The van der Waals surface area contributed by atoms with Crippen molar-refractivity contribution in [2.75, 3.05) is 7.11 Å². The number of methoxy groups -OCH3 is 1. The molecule has 4 nitrogen and oxygen atoms in total. The third-order valence-corrected chi connectivity index (χ3v) is 18.5. The smallest absolute Gasteiger partial charge is 0.261 e. The maximum atomic E-state index is 13.5. The Morgan fingerprint density at radius 1 is 0.789 bits per heavy atom. The van der Waals surface area contributed by atoms with E-state index in [9.17, 15) is 4.79 Å². The lowest BCUT2D eigenvalue weighted by atomic mass is 9.81. The lowest BCUT2D eigenvalue weighted by Gasteiger charge is -2.46. The minimum absolute atomic E-state index is 0.0267. The first-order valence-corrected chi connectivity index (χ1v) is 18.8. The van der Waals surface area contributed by atoms with E-state index in [2.05, 4.69) is 121 Å². The van der Waals surface area contributed by atoms with Gasteiger partial charge in [0.2, 0.25) is 8.32 Å². The summed E-state index contributed by atoms with van der Waals surface area (Å²) in [5.74, 6) is 1.04. The topological polar surface area (TPSA) is 44.8 Å². The van der Waals surface area contributed by atoms with E-state index >= 15 is 0 Å². The number of rotatable bonds is 7. The number of ketones is 1. The maximum absolute atomic E-state index is 13.5. The van der Waals surface area contributed by atoms with Crippen LogP contribution in [0.3, 0.4) is 0 Å². The number of Topliss-reactive ketones (excluding diaryl/α,β-unsaturated/α-hetero) is 1. The van der Waals surface area contributed by atoms with Crippen molar-refractivity contribution in [1.29, 1.82) is 0 Å². The monoisotopic (exact) mass is 550 g/mol. The highest BCUT2D eigenvalue weighted by atomic mass is 28.4. The summed E-state index contributed by atoms with van der Waals surface area (Å²) >= 11 is 0. The number of hydrogen-bond donors (Lipinski definition) is 0. The quantitative estimate of drug-likeness (QED) is 0.371. The molecule has 1 saturated carbocycles. The summed E-state index contributed by atoms with van der Waals surface area (Å²) in [6.07, 6.45) is 2.73. The molecule has 0 aromatic heterocycles. The number of ether oxygens (including phenoxy) is 1. The molecule has 2 aliphatic carbocycles. The molecule has 38 heavy (non-hydrogen) atoms. The van der Waals surface area contributed by atoms with Crippen molar-refractivity contribution in [2.24, 2.45) is 11.8 Å². The number of carbonyl (C=O) groups excluding carboxylic acids is 1. The van der Waals surface area contributed by atoms with Crippen LogP contribution in [0.25, 0.3) is 0 Å². The van der Waals surface area contributed by atoms with Crippen LogP contribution in [0.4, 0.5) is 0 Å². The Balaban J connectivity index is 1.77. The molecule has 0 spiro atoms. The molecule has 0 saturated heterocycles. The van der Waals surface area contributed by atoms with Crippen molar-refractivity contribution in [1.82, 2.24) is 0 Å². The lowest BCUT2D eigenvalue weighted by Crippen LogP contribution is -2.68. The van der Waals surface area contributed by atoms with E-state index in [1.54, 1.807) is 7.11 Å². The van der Waals surface area contributed by atoms with Crippen molar-refractivity contribution < 1.29 is 18.4 Å². The van der Waals surface area contributed by atoms with Gasteiger partial charge in [0, 0.05) is 25.9 Å². The molecule has 2 aromatic rings. The third-order valence-electron chi connectivity index (χ3n) is 9.06. The van der Waals surface area contributed by atoms with Gasteiger partial charge in [0.25, 0.3) is 8.32 Å². The van der Waals surface area contributed by atoms with Gasteiger partial charge in [-0.2, -0.15) is 0 Å². The Morgan fingerprint density at radius 2 is 1.32 bits per heavy atom. The predicted octanol–water partition coefficient (Wildman–Crippen LogP) is 6.46.